The molecule has 9 nitrogen and oxygen atoms in total. The zero-order valence-corrected chi connectivity index (χ0v) is 29.4. The van der Waals surface area contributed by atoms with E-state index in [2.05, 4.69) is 29.4 Å². The average molecular weight is 687 g/mol. The quantitative estimate of drug-likeness (QED) is 0.136. The summed E-state index contributed by atoms with van der Waals surface area (Å²) >= 11 is 19.7. The van der Waals surface area contributed by atoms with Crippen LogP contribution in [0.4, 0.5) is 0 Å². The normalized spacial score (nSPS) is 28.7. The summed E-state index contributed by atoms with van der Waals surface area (Å²) in [6.07, 6.45) is 13.5. The minimum Gasteiger partial charge on any atom is -0.465 e. The van der Waals surface area contributed by atoms with Gasteiger partial charge < -0.3 is 10.1 Å². The smallest absolute Gasteiger partial charge is 0.308 e. The van der Waals surface area contributed by atoms with Crippen LogP contribution >= 0.6 is 34.8 Å². The van der Waals surface area contributed by atoms with Gasteiger partial charge in [0.2, 0.25) is 5.91 Å². The summed E-state index contributed by atoms with van der Waals surface area (Å²) in [5.74, 6) is -0.239. The van der Waals surface area contributed by atoms with Crippen LogP contribution in [0.15, 0.2) is 23.6 Å². The van der Waals surface area contributed by atoms with Crippen molar-refractivity contribution in [1.82, 2.24) is 20.1 Å². The lowest BCUT2D eigenvalue weighted by Gasteiger charge is -2.37. The topological polar surface area (TPSA) is 106 Å². The Morgan fingerprint density at radius 2 is 1.82 bits per heavy atom. The third kappa shape index (κ3) is 8.75. The number of nitrogens with one attached hydrogen (secondary N) is 1. The lowest BCUT2D eigenvalue weighted by Crippen LogP contribution is -2.51. The zero-order valence-electron chi connectivity index (χ0n) is 27.1. The molecule has 6 atom stereocenters. The van der Waals surface area contributed by atoms with E-state index in [-0.39, 0.29) is 29.0 Å². The van der Waals surface area contributed by atoms with E-state index in [0.717, 1.165) is 12.8 Å². The Morgan fingerprint density at radius 1 is 1.13 bits per heavy atom. The molecular weight excluding hydrogens is 637 g/mol. The Balaban J connectivity index is 1.56. The molecule has 1 aromatic rings. The summed E-state index contributed by atoms with van der Waals surface area (Å²) in [6, 6.07) is 0.137. The maximum absolute atomic E-state index is 14.2. The van der Waals surface area contributed by atoms with E-state index in [9.17, 15) is 14.4 Å². The highest BCUT2D eigenvalue weighted by Gasteiger charge is 2.49. The van der Waals surface area contributed by atoms with Crippen molar-refractivity contribution in [2.45, 2.75) is 133 Å². The van der Waals surface area contributed by atoms with Gasteiger partial charge in [-0.25, -0.2) is 5.01 Å². The first kappa shape index (κ1) is 36.0. The number of esters is 1. The summed E-state index contributed by atoms with van der Waals surface area (Å²) in [7, 11) is 0. The first-order valence-corrected chi connectivity index (χ1v) is 18.1. The molecule has 3 aliphatic rings. The van der Waals surface area contributed by atoms with Crippen molar-refractivity contribution in [3.8, 4) is 0 Å². The van der Waals surface area contributed by atoms with Gasteiger partial charge in [0, 0.05) is 23.2 Å². The molecule has 1 aromatic heterocycles. The summed E-state index contributed by atoms with van der Waals surface area (Å²) in [5, 5.41) is 12.0. The second kappa shape index (κ2) is 16.3. The second-order valence-corrected chi connectivity index (χ2v) is 15.3. The van der Waals surface area contributed by atoms with E-state index in [1.54, 1.807) is 18.5 Å². The SMILES string of the molecule is CCCCOC(=O)C(CC(C)C1CCCCC1)CC(C)(CC)C(=O)NC1=NN(C2C(Cl)CC(Cl)CC2Cl)C(=O)C1n1cccn1. The van der Waals surface area contributed by atoms with Gasteiger partial charge in [-0.15, -0.1) is 34.8 Å². The molecule has 1 aliphatic heterocycles. The van der Waals surface area contributed by atoms with E-state index in [1.807, 2.05) is 13.8 Å². The molecule has 252 valence electrons. The number of hydrazone groups is 1. The van der Waals surface area contributed by atoms with Crippen LogP contribution in [0.1, 0.15) is 111 Å². The van der Waals surface area contributed by atoms with Crippen molar-refractivity contribution < 1.29 is 19.1 Å². The van der Waals surface area contributed by atoms with Gasteiger partial charge in [0.25, 0.3) is 5.91 Å². The molecule has 0 bridgehead atoms. The Bertz CT molecular complexity index is 1170. The van der Waals surface area contributed by atoms with Crippen LogP contribution in [0.25, 0.3) is 0 Å². The lowest BCUT2D eigenvalue weighted by molar-refractivity contribution is -0.151. The van der Waals surface area contributed by atoms with E-state index in [1.165, 1.54) is 41.8 Å². The summed E-state index contributed by atoms with van der Waals surface area (Å²) in [6.45, 7) is 8.51. The summed E-state index contributed by atoms with van der Waals surface area (Å²) < 4.78 is 7.21. The Hall–Kier alpha value is -1.84. The largest absolute Gasteiger partial charge is 0.465 e. The van der Waals surface area contributed by atoms with Gasteiger partial charge in [-0.3, -0.25) is 19.1 Å². The van der Waals surface area contributed by atoms with Gasteiger partial charge in [-0.1, -0.05) is 66.2 Å². The van der Waals surface area contributed by atoms with Gasteiger partial charge in [0.15, 0.2) is 11.9 Å². The minimum absolute atomic E-state index is 0.159. The molecule has 4 rings (SSSR count). The van der Waals surface area contributed by atoms with Crippen molar-refractivity contribution in [2.24, 2.45) is 28.3 Å². The Labute approximate surface area is 283 Å². The van der Waals surface area contributed by atoms with Gasteiger partial charge in [0.1, 0.15) is 0 Å². The van der Waals surface area contributed by atoms with Crippen LogP contribution in [0.3, 0.4) is 0 Å². The highest BCUT2D eigenvalue weighted by Crippen LogP contribution is 2.40. The number of nitrogens with zero attached hydrogens (tertiary/aromatic N) is 4. The number of amidine groups is 1. The molecule has 2 amide bonds. The zero-order chi connectivity index (χ0) is 32.7. The number of rotatable bonds is 13. The number of hydrogen-bond donors (Lipinski definition) is 1. The summed E-state index contributed by atoms with van der Waals surface area (Å²) in [4.78, 5) is 41.5. The van der Waals surface area contributed by atoms with Crippen molar-refractivity contribution in [2.75, 3.05) is 6.61 Å². The number of carbonyl (C=O) groups excluding carboxylic acids is 3. The number of hydrogen-bond acceptors (Lipinski definition) is 6. The minimum atomic E-state index is -0.979. The molecule has 45 heavy (non-hydrogen) atoms. The van der Waals surface area contributed by atoms with Gasteiger partial charge in [-0.05, 0) is 56.4 Å². The molecule has 0 aromatic carbocycles. The second-order valence-electron chi connectivity index (χ2n) is 13.5. The number of alkyl halides is 3. The van der Waals surface area contributed by atoms with Crippen molar-refractivity contribution in [3.05, 3.63) is 18.5 Å². The standard InChI is InChI=1S/C33H50Cl3N5O4/c1-5-7-16-45-31(43)23(17-21(3)22-12-9-8-10-13-22)20-33(4,6-2)32(44)38-29-28(40-15-11-14-37-40)30(42)41(39-29)27-25(35)18-24(34)19-26(27)36/h11,14-15,21-28H,5-10,12-13,16-20H2,1-4H3,(H,38,39,44). The van der Waals surface area contributed by atoms with Crippen LogP contribution in [0, 0.1) is 23.2 Å². The molecule has 2 heterocycles. The molecule has 0 saturated heterocycles. The van der Waals surface area contributed by atoms with Gasteiger partial charge in [-0.2, -0.15) is 10.2 Å². The van der Waals surface area contributed by atoms with Crippen LogP contribution in [-0.2, 0) is 19.1 Å². The van der Waals surface area contributed by atoms with Crippen molar-refractivity contribution >= 4 is 58.4 Å². The number of aromatic nitrogens is 2. The van der Waals surface area contributed by atoms with Crippen molar-refractivity contribution in [1.29, 1.82) is 0 Å². The van der Waals surface area contributed by atoms with E-state index in [4.69, 9.17) is 39.5 Å². The fourth-order valence-corrected chi connectivity index (χ4v) is 8.72. The van der Waals surface area contributed by atoms with E-state index in [0.29, 0.717) is 50.5 Å². The molecule has 0 radical (unpaired) electrons. The summed E-state index contributed by atoms with van der Waals surface area (Å²) in [5.41, 5.74) is -0.922. The Morgan fingerprint density at radius 3 is 2.42 bits per heavy atom. The third-order valence-electron chi connectivity index (χ3n) is 10.2. The average Bonchev–Trinajstić information content (AvgIpc) is 3.64. The van der Waals surface area contributed by atoms with E-state index >= 15 is 0 Å². The van der Waals surface area contributed by atoms with Crippen LogP contribution < -0.4 is 5.32 Å². The first-order chi connectivity index (χ1) is 21.5. The maximum Gasteiger partial charge on any atom is 0.308 e. The number of ether oxygens (including phenoxy) is 1. The maximum atomic E-state index is 14.2. The predicted molar refractivity (Wildman–Crippen MR) is 178 cm³/mol. The molecule has 0 spiro atoms. The fourth-order valence-electron chi connectivity index (χ4n) is 7.09. The molecule has 2 fully saturated rings. The first-order valence-electron chi connectivity index (χ1n) is 16.8. The van der Waals surface area contributed by atoms with Crippen LogP contribution in [0.2, 0.25) is 0 Å². The van der Waals surface area contributed by atoms with Crippen LogP contribution in [0.5, 0.6) is 0 Å². The monoisotopic (exact) mass is 685 g/mol. The highest BCUT2D eigenvalue weighted by molar-refractivity contribution is 6.28. The molecule has 2 aliphatic carbocycles. The predicted octanol–water partition coefficient (Wildman–Crippen LogP) is 7.05. The number of unbranched alkanes of at least 4 members (excludes halogenated alkanes) is 1. The lowest BCUT2D eigenvalue weighted by atomic mass is 9.72. The fraction of sp³-hybridized carbons (Fsp3) is 0.788. The molecule has 6 unspecified atom stereocenters. The molecule has 2 saturated carbocycles. The molecular formula is C33H50Cl3N5O4. The highest BCUT2D eigenvalue weighted by atomic mass is 35.5. The van der Waals surface area contributed by atoms with Crippen LogP contribution in [-0.4, -0.2) is 67.2 Å². The molecule has 12 heteroatoms. The van der Waals surface area contributed by atoms with Gasteiger partial charge >= 0.3 is 5.97 Å². The van der Waals surface area contributed by atoms with Crippen molar-refractivity contribution in [3.63, 3.8) is 0 Å². The van der Waals surface area contributed by atoms with E-state index < -0.39 is 34.2 Å². The third-order valence-corrected chi connectivity index (χ3v) is 11.4. The number of carbonyl (C=O) groups is 3. The van der Waals surface area contributed by atoms with Gasteiger partial charge in [0.05, 0.1) is 29.3 Å². The molecule has 1 N–H and O–H groups in total. The number of halogens is 3. The number of amides is 2. The Kier molecular flexibility index (Phi) is 13.1.